The summed E-state index contributed by atoms with van der Waals surface area (Å²) in [5, 5.41) is 3.50. The van der Waals surface area contributed by atoms with Gasteiger partial charge in [0.2, 0.25) is 0 Å². The highest BCUT2D eigenvalue weighted by Gasteiger charge is 2.35. The number of benzene rings is 3. The minimum absolute atomic E-state index is 0.155. The summed E-state index contributed by atoms with van der Waals surface area (Å²) in [4.78, 5) is 16.0. The van der Waals surface area contributed by atoms with Crippen LogP contribution in [0.5, 0.6) is 5.75 Å². The molecule has 4 nitrogen and oxygen atoms in total. The van der Waals surface area contributed by atoms with Crippen molar-refractivity contribution in [2.75, 3.05) is 17.3 Å². The third kappa shape index (κ3) is 3.61. The molecule has 1 heterocycles. The number of thioether (sulfide) groups is 1. The fraction of sp³-hybridized carbons (Fsp3) is 0.0952. The van der Waals surface area contributed by atoms with E-state index in [2.05, 4.69) is 5.32 Å². The number of rotatable bonds is 3. The van der Waals surface area contributed by atoms with Gasteiger partial charge in [0.25, 0.3) is 0 Å². The van der Waals surface area contributed by atoms with Gasteiger partial charge in [-0.2, -0.15) is 0 Å². The fourth-order valence-electron chi connectivity index (χ4n) is 2.97. The Morgan fingerprint density at radius 3 is 2.44 bits per heavy atom. The molecule has 0 radical (unpaired) electrons. The number of amides is 2. The maximum atomic E-state index is 13.1. The van der Waals surface area contributed by atoms with Crippen molar-refractivity contribution in [3.05, 3.63) is 83.4 Å². The minimum Gasteiger partial charge on any atom is -0.497 e. The Balaban J connectivity index is 1.65. The Labute approximate surface area is 167 Å². The number of halogens is 1. The second kappa shape index (κ2) is 7.55. The van der Waals surface area contributed by atoms with Gasteiger partial charge in [0.15, 0.2) is 0 Å². The number of ether oxygens (including phenoxy) is 1. The molecule has 1 aliphatic rings. The largest absolute Gasteiger partial charge is 0.497 e. The summed E-state index contributed by atoms with van der Waals surface area (Å²) >= 11 is 7.68. The van der Waals surface area contributed by atoms with Crippen LogP contribution in [-0.2, 0) is 0 Å². The van der Waals surface area contributed by atoms with E-state index in [-0.39, 0.29) is 11.4 Å². The van der Waals surface area contributed by atoms with Crippen LogP contribution in [0.1, 0.15) is 10.9 Å². The van der Waals surface area contributed by atoms with Crippen LogP contribution in [0.4, 0.5) is 16.2 Å². The first kappa shape index (κ1) is 17.8. The molecule has 27 heavy (non-hydrogen) atoms. The molecule has 3 aromatic carbocycles. The van der Waals surface area contributed by atoms with Gasteiger partial charge in [0, 0.05) is 15.6 Å². The van der Waals surface area contributed by atoms with Crippen molar-refractivity contribution < 1.29 is 9.53 Å². The summed E-state index contributed by atoms with van der Waals surface area (Å²) in [6.07, 6.45) is 0. The lowest BCUT2D eigenvalue weighted by atomic mass is 10.2. The maximum absolute atomic E-state index is 13.1. The molecular formula is C21H17ClN2O2S. The maximum Gasteiger partial charge on any atom is 0.327 e. The van der Waals surface area contributed by atoms with Crippen molar-refractivity contribution in [3.8, 4) is 5.75 Å². The van der Waals surface area contributed by atoms with Gasteiger partial charge in [-0.15, -0.1) is 0 Å². The lowest BCUT2D eigenvalue weighted by Gasteiger charge is -2.25. The zero-order valence-electron chi connectivity index (χ0n) is 14.6. The highest BCUT2D eigenvalue weighted by atomic mass is 35.5. The number of nitrogens with one attached hydrogen (secondary N) is 1. The number of nitrogens with zero attached hydrogens (tertiary/aromatic N) is 1. The highest BCUT2D eigenvalue weighted by molar-refractivity contribution is 8.00. The number of anilines is 2. The second-order valence-corrected chi connectivity index (χ2v) is 7.58. The number of hydrogen-bond acceptors (Lipinski definition) is 3. The Morgan fingerprint density at radius 2 is 1.74 bits per heavy atom. The van der Waals surface area contributed by atoms with Crippen LogP contribution < -0.4 is 15.0 Å². The van der Waals surface area contributed by atoms with Gasteiger partial charge in [0.05, 0.1) is 12.8 Å². The summed E-state index contributed by atoms with van der Waals surface area (Å²) in [5.74, 6) is 0.745. The smallest absolute Gasteiger partial charge is 0.327 e. The Hall–Kier alpha value is -2.63. The molecule has 4 rings (SSSR count). The standard InChI is InChI=1S/C21H17ClN2O2S/c1-26-17-12-10-16(11-13-17)23-21(25)24-18-4-2-3-5-19(18)27-20(24)14-6-8-15(22)9-7-14/h2-13,20H,1H3,(H,23,25). The van der Waals surface area contributed by atoms with E-state index in [1.807, 2.05) is 72.8 Å². The van der Waals surface area contributed by atoms with E-state index in [0.717, 1.165) is 21.9 Å². The lowest BCUT2D eigenvalue weighted by molar-refractivity contribution is 0.256. The molecule has 0 saturated heterocycles. The van der Waals surface area contributed by atoms with E-state index in [1.54, 1.807) is 23.8 Å². The van der Waals surface area contributed by atoms with Crippen molar-refractivity contribution in [1.82, 2.24) is 0 Å². The molecule has 3 aromatic rings. The van der Waals surface area contributed by atoms with Crippen LogP contribution in [0.15, 0.2) is 77.7 Å². The van der Waals surface area contributed by atoms with Crippen molar-refractivity contribution >= 4 is 40.8 Å². The first-order chi connectivity index (χ1) is 13.2. The number of hydrogen-bond donors (Lipinski definition) is 1. The highest BCUT2D eigenvalue weighted by Crippen LogP contribution is 2.51. The zero-order chi connectivity index (χ0) is 18.8. The van der Waals surface area contributed by atoms with Crippen LogP contribution in [0.2, 0.25) is 5.02 Å². The van der Waals surface area contributed by atoms with E-state index in [0.29, 0.717) is 10.7 Å². The normalized spacial score (nSPS) is 15.3. The second-order valence-electron chi connectivity index (χ2n) is 6.02. The number of fused-ring (bicyclic) bond motifs is 1. The van der Waals surface area contributed by atoms with Gasteiger partial charge in [-0.05, 0) is 54.1 Å². The Morgan fingerprint density at radius 1 is 1.04 bits per heavy atom. The van der Waals surface area contributed by atoms with E-state index in [4.69, 9.17) is 16.3 Å². The van der Waals surface area contributed by atoms with E-state index >= 15 is 0 Å². The van der Waals surface area contributed by atoms with Gasteiger partial charge < -0.3 is 10.1 Å². The SMILES string of the molecule is COc1ccc(NC(=O)N2c3ccccc3SC2c2ccc(Cl)cc2)cc1. The quantitative estimate of drug-likeness (QED) is 0.573. The third-order valence-electron chi connectivity index (χ3n) is 4.31. The molecule has 0 bridgehead atoms. The number of urea groups is 1. The molecule has 0 spiro atoms. The summed E-state index contributed by atoms with van der Waals surface area (Å²) in [6, 6.07) is 22.6. The van der Waals surface area contributed by atoms with Crippen LogP contribution in [0, 0.1) is 0 Å². The minimum atomic E-state index is -0.183. The van der Waals surface area contributed by atoms with Gasteiger partial charge in [-0.25, -0.2) is 4.79 Å². The predicted molar refractivity (Wildman–Crippen MR) is 111 cm³/mol. The van der Waals surface area contributed by atoms with E-state index < -0.39 is 0 Å². The number of carbonyl (C=O) groups is 1. The van der Waals surface area contributed by atoms with E-state index in [1.165, 1.54) is 0 Å². The molecule has 1 unspecified atom stereocenters. The van der Waals surface area contributed by atoms with Gasteiger partial charge in [-0.3, -0.25) is 4.90 Å². The molecule has 0 fully saturated rings. The summed E-state index contributed by atoms with van der Waals surface area (Å²) in [6.45, 7) is 0. The first-order valence-corrected chi connectivity index (χ1v) is 9.67. The number of methoxy groups -OCH3 is 1. The number of para-hydroxylation sites is 1. The molecular weight excluding hydrogens is 380 g/mol. The Bertz CT molecular complexity index is 961. The van der Waals surface area contributed by atoms with Crippen molar-refractivity contribution in [2.45, 2.75) is 10.3 Å². The molecule has 1 N–H and O–H groups in total. The van der Waals surface area contributed by atoms with Gasteiger partial charge in [0.1, 0.15) is 11.1 Å². The first-order valence-electron chi connectivity index (χ1n) is 8.41. The summed E-state index contributed by atoms with van der Waals surface area (Å²) in [5.41, 5.74) is 2.63. The van der Waals surface area contributed by atoms with Crippen LogP contribution in [0.25, 0.3) is 0 Å². The molecule has 2 amide bonds. The average Bonchev–Trinajstić information content (AvgIpc) is 3.09. The third-order valence-corrected chi connectivity index (χ3v) is 5.87. The van der Waals surface area contributed by atoms with Crippen LogP contribution >= 0.6 is 23.4 Å². The molecule has 136 valence electrons. The molecule has 0 aromatic heterocycles. The molecule has 0 saturated carbocycles. The van der Waals surface area contributed by atoms with Gasteiger partial charge in [-0.1, -0.05) is 47.6 Å². The van der Waals surface area contributed by atoms with Crippen molar-refractivity contribution in [2.24, 2.45) is 0 Å². The zero-order valence-corrected chi connectivity index (χ0v) is 16.1. The fourth-order valence-corrected chi connectivity index (χ4v) is 4.39. The van der Waals surface area contributed by atoms with Crippen molar-refractivity contribution in [1.29, 1.82) is 0 Å². The molecule has 6 heteroatoms. The monoisotopic (exact) mass is 396 g/mol. The summed E-state index contributed by atoms with van der Waals surface area (Å²) < 4.78 is 5.17. The summed E-state index contributed by atoms with van der Waals surface area (Å²) in [7, 11) is 1.61. The Kier molecular flexibility index (Phi) is 4.97. The van der Waals surface area contributed by atoms with Gasteiger partial charge >= 0.3 is 6.03 Å². The molecule has 0 aliphatic carbocycles. The lowest BCUT2D eigenvalue weighted by Crippen LogP contribution is -2.34. The molecule has 1 aliphatic heterocycles. The molecule has 1 atom stereocenters. The van der Waals surface area contributed by atoms with Crippen LogP contribution in [-0.4, -0.2) is 13.1 Å². The average molecular weight is 397 g/mol. The predicted octanol–water partition coefficient (Wildman–Crippen LogP) is 6.19. The van der Waals surface area contributed by atoms with Crippen LogP contribution in [0.3, 0.4) is 0 Å². The number of carbonyl (C=O) groups excluding carboxylic acids is 1. The van der Waals surface area contributed by atoms with Crippen molar-refractivity contribution in [3.63, 3.8) is 0 Å². The van der Waals surface area contributed by atoms with E-state index in [9.17, 15) is 4.79 Å². The topological polar surface area (TPSA) is 41.6 Å².